The molecule has 6 rings (SSSR count). The zero-order valence-corrected chi connectivity index (χ0v) is 33.4. The first-order valence-electron chi connectivity index (χ1n) is 17.7. The standard InChI is InChI=1S/C21H17F5N2O.C13H11BrF3NO.C8H7F2N/c1-20(2,28-7-6-13-10-15(22)16(23)11-18(13)28)19(29)9-12-4-5-17(27-3)14(8-12)21(24,25)26;1-12(2,14)11(19)7-8-4-5-10(18-3)9(6-8)13(15,16)17;9-6-3-5-1-2-11-8(5)4-7(6)10/h4-5,8,10-11H,6-7,9H2,1-2H3;4-6H,7H2,1-2H3;3-4,11H,1-2H2. The van der Waals surface area contributed by atoms with Crippen molar-refractivity contribution >= 4 is 50.2 Å². The second-order valence-electron chi connectivity index (χ2n) is 14.6. The van der Waals surface area contributed by atoms with Crippen LogP contribution in [0.3, 0.4) is 0 Å². The third-order valence-electron chi connectivity index (χ3n) is 9.60. The Morgan fingerprint density at radius 2 is 1.14 bits per heavy atom. The van der Waals surface area contributed by atoms with Crippen molar-refractivity contribution in [2.75, 3.05) is 23.3 Å². The molecular formula is C42H35BrF10N4O2. The molecule has 0 aromatic heterocycles. The minimum Gasteiger partial charge on any atom is -0.384 e. The molecule has 0 spiro atoms. The maximum atomic E-state index is 13.7. The fourth-order valence-electron chi connectivity index (χ4n) is 6.24. The Labute approximate surface area is 342 Å². The molecule has 0 bridgehead atoms. The summed E-state index contributed by atoms with van der Waals surface area (Å²) in [6.07, 6.45) is -8.48. The van der Waals surface area contributed by atoms with Gasteiger partial charge >= 0.3 is 12.4 Å². The lowest BCUT2D eigenvalue weighted by Gasteiger charge is -2.36. The van der Waals surface area contributed by atoms with Gasteiger partial charge in [0.2, 0.25) is 0 Å². The molecule has 17 heteroatoms. The first kappa shape index (κ1) is 46.3. The summed E-state index contributed by atoms with van der Waals surface area (Å²) in [5.74, 6) is -4.13. The van der Waals surface area contributed by atoms with Gasteiger partial charge in [0, 0.05) is 49.4 Å². The Morgan fingerprint density at radius 1 is 0.678 bits per heavy atom. The third kappa shape index (κ3) is 11.2. The number of halogens is 11. The molecule has 0 unspecified atom stereocenters. The largest absolute Gasteiger partial charge is 0.407 e. The van der Waals surface area contributed by atoms with E-state index in [0.717, 1.165) is 60.6 Å². The van der Waals surface area contributed by atoms with Gasteiger partial charge in [0.05, 0.1) is 34.1 Å². The second-order valence-corrected chi connectivity index (χ2v) is 16.5. The topological polar surface area (TPSA) is 58.1 Å². The van der Waals surface area contributed by atoms with Gasteiger partial charge in [-0.3, -0.25) is 9.59 Å². The van der Waals surface area contributed by atoms with Crippen LogP contribution < -0.4 is 10.2 Å². The van der Waals surface area contributed by atoms with Gasteiger partial charge in [-0.1, -0.05) is 52.3 Å². The molecular weight excluding hydrogens is 862 g/mol. The van der Waals surface area contributed by atoms with Crippen LogP contribution in [0.4, 0.5) is 66.7 Å². The van der Waals surface area contributed by atoms with Crippen LogP contribution in [0.1, 0.15) is 61.1 Å². The van der Waals surface area contributed by atoms with E-state index in [1.165, 1.54) is 24.3 Å². The Hall–Kier alpha value is -5.42. The van der Waals surface area contributed by atoms with Gasteiger partial charge in [0.25, 0.3) is 0 Å². The maximum absolute atomic E-state index is 13.7. The Kier molecular flexibility index (Phi) is 14.0. The number of nitrogens with zero attached hydrogens (tertiary/aromatic N) is 3. The number of hydrogen-bond donors (Lipinski definition) is 1. The number of carbonyl (C=O) groups is 2. The minimum absolute atomic E-state index is 0.111. The van der Waals surface area contributed by atoms with Gasteiger partial charge in [0.15, 0.2) is 46.2 Å². The molecule has 59 heavy (non-hydrogen) atoms. The van der Waals surface area contributed by atoms with E-state index in [0.29, 0.717) is 24.2 Å². The van der Waals surface area contributed by atoms with Gasteiger partial charge in [-0.25, -0.2) is 27.3 Å². The quantitative estimate of drug-likeness (QED) is 0.114. The van der Waals surface area contributed by atoms with Crippen molar-refractivity contribution in [2.24, 2.45) is 0 Å². The Morgan fingerprint density at radius 3 is 1.61 bits per heavy atom. The number of nitrogens with one attached hydrogen (secondary N) is 1. The van der Waals surface area contributed by atoms with E-state index in [9.17, 15) is 53.5 Å². The highest BCUT2D eigenvalue weighted by Crippen LogP contribution is 2.40. The fraction of sp³-hybridized carbons (Fsp3) is 0.333. The third-order valence-corrected chi connectivity index (χ3v) is 10.0. The second kappa shape index (κ2) is 17.8. The highest BCUT2D eigenvalue weighted by molar-refractivity contribution is 9.10. The zero-order valence-electron chi connectivity index (χ0n) is 31.8. The molecule has 4 aromatic rings. The van der Waals surface area contributed by atoms with E-state index in [4.69, 9.17) is 13.1 Å². The van der Waals surface area contributed by atoms with Crippen LogP contribution in [0, 0.1) is 36.4 Å². The van der Waals surface area contributed by atoms with E-state index in [-0.39, 0.29) is 35.5 Å². The fourth-order valence-corrected chi connectivity index (χ4v) is 6.38. The zero-order chi connectivity index (χ0) is 44.2. The summed E-state index contributed by atoms with van der Waals surface area (Å²) in [5.41, 5.74) is -1.27. The summed E-state index contributed by atoms with van der Waals surface area (Å²) in [7, 11) is 0. The predicted molar refractivity (Wildman–Crippen MR) is 206 cm³/mol. The normalized spacial score (nSPS) is 13.4. The molecule has 312 valence electrons. The first-order valence-corrected chi connectivity index (χ1v) is 18.4. The van der Waals surface area contributed by atoms with Crippen molar-refractivity contribution < 1.29 is 53.5 Å². The lowest BCUT2D eigenvalue weighted by molar-refractivity contribution is -0.137. The molecule has 1 N–H and O–H groups in total. The van der Waals surface area contributed by atoms with E-state index in [1.54, 1.807) is 32.6 Å². The summed E-state index contributed by atoms with van der Waals surface area (Å²) in [6.45, 7) is 21.2. The molecule has 0 fully saturated rings. The number of carbonyl (C=O) groups excluding carboxylic acids is 2. The van der Waals surface area contributed by atoms with Crippen molar-refractivity contribution in [1.29, 1.82) is 0 Å². The molecule has 0 aliphatic carbocycles. The number of ketones is 2. The minimum atomic E-state index is -4.70. The van der Waals surface area contributed by atoms with Gasteiger partial charge in [-0.2, -0.15) is 26.3 Å². The molecule has 4 aromatic carbocycles. The van der Waals surface area contributed by atoms with Gasteiger partial charge in [0.1, 0.15) is 0 Å². The SMILES string of the molecule is Fc1cc2c(cc1F)NCC2.[C-]#[N+]c1ccc(CC(=O)C(C)(C)Br)cc1C(F)(F)F.[C-]#[N+]c1ccc(CC(=O)C(C)(C)N2CCc3cc(F)c(F)cc32)cc1C(F)(F)F. The smallest absolute Gasteiger partial charge is 0.384 e. The lowest BCUT2D eigenvalue weighted by atomic mass is 9.91. The van der Waals surface area contributed by atoms with E-state index in [2.05, 4.69) is 30.9 Å². The van der Waals surface area contributed by atoms with Crippen molar-refractivity contribution in [3.8, 4) is 0 Å². The van der Waals surface area contributed by atoms with E-state index in [1.807, 2.05) is 0 Å². The lowest BCUT2D eigenvalue weighted by Crippen LogP contribution is -2.50. The molecule has 2 aliphatic heterocycles. The molecule has 2 aliphatic rings. The Bertz CT molecular complexity index is 2310. The highest BCUT2D eigenvalue weighted by atomic mass is 79.9. The van der Waals surface area contributed by atoms with Gasteiger partial charge < -0.3 is 10.2 Å². The van der Waals surface area contributed by atoms with Crippen molar-refractivity contribution in [3.05, 3.63) is 140 Å². The molecule has 0 saturated heterocycles. The van der Waals surface area contributed by atoms with Crippen LogP contribution in [0.25, 0.3) is 9.69 Å². The number of benzene rings is 4. The average Bonchev–Trinajstić information content (AvgIpc) is 3.78. The number of Topliss-reactive ketones (excluding diaryl/α,β-unsaturated/α-hetero) is 2. The monoisotopic (exact) mass is 896 g/mol. The molecule has 0 atom stereocenters. The van der Waals surface area contributed by atoms with Crippen molar-refractivity contribution in [1.82, 2.24) is 0 Å². The summed E-state index contributed by atoms with van der Waals surface area (Å²) in [6, 6.07) is 11.1. The summed E-state index contributed by atoms with van der Waals surface area (Å²) < 4.78 is 129. The van der Waals surface area contributed by atoms with E-state index < -0.39 is 68.0 Å². The average molecular weight is 898 g/mol. The summed E-state index contributed by atoms with van der Waals surface area (Å²) in [5, 5.41) is 2.96. The molecule has 0 radical (unpaired) electrons. The molecule has 2 heterocycles. The number of rotatable bonds is 7. The number of alkyl halides is 7. The first-order chi connectivity index (χ1) is 27.3. The van der Waals surface area contributed by atoms with Crippen LogP contribution in [0.15, 0.2) is 60.7 Å². The van der Waals surface area contributed by atoms with Gasteiger partial charge in [-0.15, -0.1) is 0 Å². The van der Waals surface area contributed by atoms with Crippen LogP contribution >= 0.6 is 15.9 Å². The summed E-state index contributed by atoms with van der Waals surface area (Å²) in [4.78, 5) is 32.1. The Balaban J connectivity index is 0.000000218. The van der Waals surface area contributed by atoms with Crippen LogP contribution in [0.5, 0.6) is 0 Å². The number of anilines is 2. The van der Waals surface area contributed by atoms with Crippen molar-refractivity contribution in [3.63, 3.8) is 0 Å². The van der Waals surface area contributed by atoms with Crippen LogP contribution in [-0.2, 0) is 47.6 Å². The van der Waals surface area contributed by atoms with Gasteiger partial charge in [-0.05, 0) is 74.9 Å². The maximum Gasteiger partial charge on any atom is 0.407 e. The van der Waals surface area contributed by atoms with Crippen LogP contribution in [-0.4, -0.2) is 34.5 Å². The summed E-state index contributed by atoms with van der Waals surface area (Å²) >= 11 is 3.17. The highest BCUT2D eigenvalue weighted by Gasteiger charge is 2.39. The number of fused-ring (bicyclic) bond motifs is 2. The molecule has 6 nitrogen and oxygen atoms in total. The molecule has 0 saturated carbocycles. The predicted octanol–water partition coefficient (Wildman–Crippen LogP) is 12.0. The number of hydrogen-bond acceptors (Lipinski definition) is 4. The van der Waals surface area contributed by atoms with E-state index >= 15 is 0 Å². The van der Waals surface area contributed by atoms with Crippen molar-refractivity contribution in [2.45, 2.75) is 75.6 Å². The van der Waals surface area contributed by atoms with Crippen LogP contribution in [0.2, 0.25) is 0 Å². The molecule has 0 amide bonds.